The summed E-state index contributed by atoms with van der Waals surface area (Å²) >= 11 is 0. The van der Waals surface area contributed by atoms with Gasteiger partial charge in [-0.15, -0.1) is 0 Å². The van der Waals surface area contributed by atoms with Crippen molar-refractivity contribution in [2.45, 2.75) is 32.0 Å². The highest BCUT2D eigenvalue weighted by Crippen LogP contribution is 2.31. The zero-order chi connectivity index (χ0) is 21.3. The molecule has 0 amide bonds. The predicted molar refractivity (Wildman–Crippen MR) is 108 cm³/mol. The molecule has 1 aliphatic rings. The van der Waals surface area contributed by atoms with E-state index in [4.69, 9.17) is 0 Å². The molecule has 0 aliphatic carbocycles. The van der Waals surface area contributed by atoms with Gasteiger partial charge in [0.05, 0.1) is 23.8 Å². The van der Waals surface area contributed by atoms with Crippen LogP contribution in [0.5, 0.6) is 0 Å². The molecule has 2 aromatic carbocycles. The minimum Gasteiger partial charge on any atom is -0.315 e. The number of nitrogens with zero attached hydrogens (tertiary/aromatic N) is 3. The van der Waals surface area contributed by atoms with E-state index in [0.717, 1.165) is 40.7 Å². The first-order valence-electron chi connectivity index (χ1n) is 10.1. The van der Waals surface area contributed by atoms with Crippen molar-refractivity contribution in [3.05, 3.63) is 59.5 Å². The monoisotopic (exact) mass is 420 g/mol. The molecule has 1 aliphatic heterocycles. The van der Waals surface area contributed by atoms with E-state index in [1.807, 2.05) is 24.0 Å². The number of benzene rings is 2. The Hall–Kier alpha value is -2.45. The maximum Gasteiger partial charge on any atom is 0.390 e. The minimum atomic E-state index is -4.17. The summed E-state index contributed by atoms with van der Waals surface area (Å²) in [6, 6.07) is 10.0. The van der Waals surface area contributed by atoms with Crippen molar-refractivity contribution < 1.29 is 17.6 Å². The van der Waals surface area contributed by atoms with Gasteiger partial charge in [-0.05, 0) is 67.4 Å². The van der Waals surface area contributed by atoms with Gasteiger partial charge in [-0.1, -0.05) is 0 Å². The van der Waals surface area contributed by atoms with Crippen LogP contribution < -0.4 is 5.32 Å². The zero-order valence-electron chi connectivity index (χ0n) is 16.7. The largest absolute Gasteiger partial charge is 0.390 e. The molecule has 1 unspecified atom stereocenters. The summed E-state index contributed by atoms with van der Waals surface area (Å²) in [4.78, 5) is 1.94. The van der Waals surface area contributed by atoms with E-state index in [9.17, 15) is 17.6 Å². The minimum absolute atomic E-state index is 0.0117. The van der Waals surface area contributed by atoms with Crippen molar-refractivity contribution in [1.82, 2.24) is 20.0 Å². The van der Waals surface area contributed by atoms with E-state index in [1.165, 1.54) is 12.1 Å². The number of aromatic nitrogens is 2. The van der Waals surface area contributed by atoms with Gasteiger partial charge in [-0.2, -0.15) is 18.3 Å². The van der Waals surface area contributed by atoms with Crippen LogP contribution in [0.15, 0.2) is 42.6 Å². The highest BCUT2D eigenvalue weighted by molar-refractivity contribution is 5.82. The van der Waals surface area contributed by atoms with E-state index in [-0.39, 0.29) is 18.4 Å². The average Bonchev–Trinajstić information content (AvgIpc) is 2.95. The van der Waals surface area contributed by atoms with Crippen LogP contribution in [-0.4, -0.2) is 47.0 Å². The number of halogens is 4. The fourth-order valence-corrected chi connectivity index (χ4v) is 4.12. The first-order chi connectivity index (χ1) is 14.3. The smallest absolute Gasteiger partial charge is 0.315 e. The third kappa shape index (κ3) is 4.49. The summed E-state index contributed by atoms with van der Waals surface area (Å²) in [5.41, 5.74) is 3.64. The molecule has 1 fully saturated rings. The van der Waals surface area contributed by atoms with Crippen LogP contribution in [0.2, 0.25) is 0 Å². The number of hydrogen-bond donors (Lipinski definition) is 1. The second kappa shape index (κ2) is 8.35. The Balaban J connectivity index is 1.68. The topological polar surface area (TPSA) is 33.1 Å². The van der Waals surface area contributed by atoms with Crippen molar-refractivity contribution in [1.29, 1.82) is 0 Å². The van der Waals surface area contributed by atoms with Crippen molar-refractivity contribution >= 4 is 10.9 Å². The molecule has 1 atom stereocenters. The maximum atomic E-state index is 13.3. The van der Waals surface area contributed by atoms with Crippen molar-refractivity contribution in [3.63, 3.8) is 0 Å². The molecular weight excluding hydrogens is 396 g/mol. The first-order valence-corrected chi connectivity index (χ1v) is 10.1. The Morgan fingerprint density at radius 1 is 1.17 bits per heavy atom. The SMILES string of the molecule is Cc1cc2c(cnn2-c2ccc(F)cc2)cc1C1CNCCCN1CCC(F)(F)F. The van der Waals surface area contributed by atoms with Gasteiger partial charge in [-0.3, -0.25) is 4.90 Å². The van der Waals surface area contributed by atoms with E-state index < -0.39 is 12.6 Å². The molecule has 160 valence electrons. The number of alkyl halides is 3. The molecule has 3 aromatic rings. The molecule has 2 heterocycles. The van der Waals surface area contributed by atoms with Crippen molar-refractivity contribution in [2.24, 2.45) is 0 Å². The molecule has 0 bridgehead atoms. The average molecular weight is 420 g/mol. The lowest BCUT2D eigenvalue weighted by atomic mass is 9.97. The van der Waals surface area contributed by atoms with Gasteiger partial charge in [0.25, 0.3) is 0 Å². The van der Waals surface area contributed by atoms with Crippen molar-refractivity contribution in [3.8, 4) is 5.69 Å². The van der Waals surface area contributed by atoms with Gasteiger partial charge in [0, 0.05) is 31.1 Å². The summed E-state index contributed by atoms with van der Waals surface area (Å²) in [6.45, 7) is 3.99. The molecule has 1 saturated heterocycles. The van der Waals surface area contributed by atoms with Crippen LogP contribution in [0.25, 0.3) is 16.6 Å². The highest BCUT2D eigenvalue weighted by atomic mass is 19.4. The van der Waals surface area contributed by atoms with E-state index >= 15 is 0 Å². The quantitative estimate of drug-likeness (QED) is 0.618. The van der Waals surface area contributed by atoms with Gasteiger partial charge in [0.1, 0.15) is 5.82 Å². The van der Waals surface area contributed by atoms with Crippen LogP contribution in [0.3, 0.4) is 0 Å². The third-order valence-electron chi connectivity index (χ3n) is 5.65. The standard InChI is InChI=1S/C22H24F4N4/c1-15-11-20-16(13-28-30(20)18-5-3-17(23)4-6-18)12-19(15)21-14-27-8-2-9-29(21)10-7-22(24,25)26/h3-6,11-13,21,27H,2,7-10,14H2,1H3. The fraction of sp³-hybridized carbons (Fsp3) is 0.409. The highest BCUT2D eigenvalue weighted by Gasteiger charge is 2.31. The number of rotatable bonds is 4. The maximum absolute atomic E-state index is 13.3. The Bertz CT molecular complexity index is 1010. The molecule has 0 radical (unpaired) electrons. The summed E-state index contributed by atoms with van der Waals surface area (Å²) in [5, 5.41) is 8.70. The molecule has 1 N–H and O–H groups in total. The first kappa shape index (κ1) is 20.8. The molecule has 8 heteroatoms. The summed E-state index contributed by atoms with van der Waals surface area (Å²) in [7, 11) is 0. The van der Waals surface area contributed by atoms with Crippen LogP contribution >= 0.6 is 0 Å². The normalized spacial score (nSPS) is 18.6. The molecule has 0 spiro atoms. The third-order valence-corrected chi connectivity index (χ3v) is 5.65. The lowest BCUT2D eigenvalue weighted by Gasteiger charge is -2.31. The summed E-state index contributed by atoms with van der Waals surface area (Å²) < 4.78 is 53.5. The van der Waals surface area contributed by atoms with E-state index in [1.54, 1.807) is 23.0 Å². The summed E-state index contributed by atoms with van der Waals surface area (Å²) in [5.74, 6) is -0.312. The van der Waals surface area contributed by atoms with Gasteiger partial charge < -0.3 is 5.32 Å². The molecule has 4 rings (SSSR count). The van der Waals surface area contributed by atoms with E-state index in [2.05, 4.69) is 10.4 Å². The van der Waals surface area contributed by atoms with Crippen LogP contribution in [-0.2, 0) is 0 Å². The lowest BCUT2D eigenvalue weighted by molar-refractivity contribution is -0.139. The second-order valence-electron chi connectivity index (χ2n) is 7.78. The van der Waals surface area contributed by atoms with Crippen molar-refractivity contribution in [2.75, 3.05) is 26.2 Å². The number of aryl methyl sites for hydroxylation is 1. The van der Waals surface area contributed by atoms with Gasteiger partial charge in [0.2, 0.25) is 0 Å². The van der Waals surface area contributed by atoms with Gasteiger partial charge >= 0.3 is 6.18 Å². The van der Waals surface area contributed by atoms with Crippen LogP contribution in [0.4, 0.5) is 17.6 Å². The van der Waals surface area contributed by atoms with Crippen LogP contribution in [0, 0.1) is 12.7 Å². The Morgan fingerprint density at radius 3 is 2.67 bits per heavy atom. The second-order valence-corrected chi connectivity index (χ2v) is 7.78. The summed E-state index contributed by atoms with van der Waals surface area (Å²) in [6.07, 6.45) is -2.42. The van der Waals surface area contributed by atoms with Crippen LogP contribution in [0.1, 0.15) is 30.0 Å². The Kier molecular flexibility index (Phi) is 5.79. The fourth-order valence-electron chi connectivity index (χ4n) is 4.12. The van der Waals surface area contributed by atoms with E-state index in [0.29, 0.717) is 13.1 Å². The number of hydrogen-bond acceptors (Lipinski definition) is 3. The number of fused-ring (bicyclic) bond motifs is 1. The molecule has 30 heavy (non-hydrogen) atoms. The number of nitrogens with one attached hydrogen (secondary N) is 1. The van der Waals surface area contributed by atoms with Gasteiger partial charge in [0.15, 0.2) is 0 Å². The zero-order valence-corrected chi connectivity index (χ0v) is 16.7. The molecule has 4 nitrogen and oxygen atoms in total. The lowest BCUT2D eigenvalue weighted by Crippen LogP contribution is -2.35. The molecule has 1 aromatic heterocycles. The van der Waals surface area contributed by atoms with Gasteiger partial charge in [-0.25, -0.2) is 9.07 Å². The molecular formula is C22H24F4N4. The Morgan fingerprint density at radius 2 is 1.93 bits per heavy atom. The predicted octanol–water partition coefficient (Wildman–Crippen LogP) is 4.76. The Labute approximate surface area is 172 Å². The molecule has 0 saturated carbocycles.